The number of rotatable bonds is 2. The Balaban J connectivity index is 1.94. The number of nitrogens with two attached hydrogens (primary N) is 1. The maximum absolute atomic E-state index is 13.4. The smallest absolute Gasteiger partial charge is 0.219 e. The number of aromatic nitrogens is 1. The van der Waals surface area contributed by atoms with E-state index in [1.807, 2.05) is 18.2 Å². The largest absolute Gasteiger partial charge is 0.439 e. The Hall–Kier alpha value is -2.14. The van der Waals surface area contributed by atoms with E-state index in [-0.39, 0.29) is 5.82 Å². The minimum atomic E-state index is -0.379. The van der Waals surface area contributed by atoms with Crippen LogP contribution >= 0.6 is 15.9 Å². The molecule has 3 rings (SSSR count). The van der Waals surface area contributed by atoms with E-state index in [0.717, 1.165) is 10.9 Å². The van der Waals surface area contributed by atoms with Gasteiger partial charge in [0.05, 0.1) is 9.99 Å². The minimum Gasteiger partial charge on any atom is -0.439 e. The molecule has 0 aliphatic heterocycles. The van der Waals surface area contributed by atoms with Crippen molar-refractivity contribution in [2.24, 2.45) is 0 Å². The van der Waals surface area contributed by atoms with Crippen molar-refractivity contribution in [2.45, 2.75) is 0 Å². The van der Waals surface area contributed by atoms with Gasteiger partial charge in [0.25, 0.3) is 0 Å². The summed E-state index contributed by atoms with van der Waals surface area (Å²) in [7, 11) is 0. The first-order valence-corrected chi connectivity index (χ1v) is 6.70. The van der Waals surface area contributed by atoms with Gasteiger partial charge >= 0.3 is 0 Å². The van der Waals surface area contributed by atoms with Crippen LogP contribution in [0.1, 0.15) is 0 Å². The summed E-state index contributed by atoms with van der Waals surface area (Å²) in [5.41, 5.74) is 7.17. The summed E-state index contributed by atoms with van der Waals surface area (Å²) >= 11 is 3.10. The van der Waals surface area contributed by atoms with Crippen LogP contribution in [0.3, 0.4) is 0 Å². The number of nitrogen functional groups attached to an aromatic ring is 1. The molecule has 0 radical (unpaired) electrons. The van der Waals surface area contributed by atoms with Gasteiger partial charge < -0.3 is 10.5 Å². The molecule has 0 unspecified atom stereocenters. The Morgan fingerprint density at radius 3 is 2.70 bits per heavy atom. The Morgan fingerprint density at radius 2 is 1.90 bits per heavy atom. The van der Waals surface area contributed by atoms with Gasteiger partial charge in [0, 0.05) is 23.2 Å². The van der Waals surface area contributed by atoms with E-state index in [2.05, 4.69) is 20.9 Å². The van der Waals surface area contributed by atoms with Gasteiger partial charge in [-0.1, -0.05) is 0 Å². The first kappa shape index (κ1) is 12.9. The summed E-state index contributed by atoms with van der Waals surface area (Å²) in [6, 6.07) is 13.6. The zero-order valence-electron chi connectivity index (χ0n) is 10.3. The number of nitrogens with zero attached hydrogens (tertiary/aromatic N) is 1. The number of hydrogen-bond donors (Lipinski definition) is 1. The van der Waals surface area contributed by atoms with Gasteiger partial charge in [-0.25, -0.2) is 9.37 Å². The molecular formula is C15H10BrFN2O. The zero-order chi connectivity index (χ0) is 14.1. The molecule has 0 amide bonds. The summed E-state index contributed by atoms with van der Waals surface area (Å²) in [6.07, 6.45) is 0. The Kier molecular flexibility index (Phi) is 3.28. The fourth-order valence-corrected chi connectivity index (χ4v) is 2.09. The second-order valence-electron chi connectivity index (χ2n) is 4.28. The molecule has 0 atom stereocenters. The average Bonchev–Trinajstić information content (AvgIpc) is 2.43. The third-order valence-electron chi connectivity index (χ3n) is 2.80. The second kappa shape index (κ2) is 5.09. The van der Waals surface area contributed by atoms with Crippen molar-refractivity contribution in [3.8, 4) is 11.6 Å². The normalized spacial score (nSPS) is 10.7. The van der Waals surface area contributed by atoms with Gasteiger partial charge in [-0.2, -0.15) is 0 Å². The van der Waals surface area contributed by atoms with E-state index in [1.165, 1.54) is 6.07 Å². The fourth-order valence-electron chi connectivity index (χ4n) is 1.84. The maximum atomic E-state index is 13.4. The van der Waals surface area contributed by atoms with Gasteiger partial charge in [-0.05, 0) is 52.3 Å². The lowest BCUT2D eigenvalue weighted by atomic mass is 10.2. The summed E-state index contributed by atoms with van der Waals surface area (Å²) in [5.74, 6) is 0.424. The van der Waals surface area contributed by atoms with Crippen LogP contribution in [-0.2, 0) is 0 Å². The Bertz CT molecular complexity index is 792. The van der Waals surface area contributed by atoms with E-state index in [1.54, 1.807) is 24.3 Å². The van der Waals surface area contributed by atoms with Crippen LogP contribution in [0.5, 0.6) is 11.6 Å². The van der Waals surface area contributed by atoms with E-state index >= 15 is 0 Å². The van der Waals surface area contributed by atoms with Crippen LogP contribution in [0, 0.1) is 5.82 Å². The predicted molar refractivity (Wildman–Crippen MR) is 80.3 cm³/mol. The van der Waals surface area contributed by atoms with Crippen molar-refractivity contribution in [1.29, 1.82) is 0 Å². The third kappa shape index (κ3) is 2.58. The molecule has 0 spiro atoms. The first-order chi connectivity index (χ1) is 9.61. The molecule has 3 nitrogen and oxygen atoms in total. The topological polar surface area (TPSA) is 48.1 Å². The van der Waals surface area contributed by atoms with Crippen molar-refractivity contribution in [2.75, 3.05) is 5.73 Å². The monoisotopic (exact) mass is 332 g/mol. The summed E-state index contributed by atoms with van der Waals surface area (Å²) < 4.78 is 19.4. The average molecular weight is 333 g/mol. The van der Waals surface area contributed by atoms with Gasteiger partial charge in [0.1, 0.15) is 11.6 Å². The minimum absolute atomic E-state index is 0.379. The molecule has 3 aromatic rings. The van der Waals surface area contributed by atoms with E-state index in [4.69, 9.17) is 10.5 Å². The number of halogens is 2. The van der Waals surface area contributed by atoms with Crippen LogP contribution in [0.25, 0.3) is 10.9 Å². The zero-order valence-corrected chi connectivity index (χ0v) is 11.9. The van der Waals surface area contributed by atoms with Crippen LogP contribution < -0.4 is 10.5 Å². The molecular weight excluding hydrogens is 323 g/mol. The van der Waals surface area contributed by atoms with Gasteiger partial charge in [-0.15, -0.1) is 0 Å². The van der Waals surface area contributed by atoms with Crippen molar-refractivity contribution < 1.29 is 9.13 Å². The lowest BCUT2D eigenvalue weighted by molar-refractivity contribution is 0.459. The fraction of sp³-hybridized carbons (Fsp3) is 0. The number of benzene rings is 2. The third-order valence-corrected chi connectivity index (χ3v) is 3.44. The number of ether oxygens (including phenoxy) is 1. The predicted octanol–water partition coefficient (Wildman–Crippen LogP) is 4.51. The highest BCUT2D eigenvalue weighted by Gasteiger charge is 2.05. The molecule has 0 saturated heterocycles. The maximum Gasteiger partial charge on any atom is 0.219 e. The molecule has 1 aromatic heterocycles. The van der Waals surface area contributed by atoms with Crippen molar-refractivity contribution in [3.63, 3.8) is 0 Å². The summed E-state index contributed by atoms with van der Waals surface area (Å²) in [4.78, 5) is 4.35. The first-order valence-electron chi connectivity index (χ1n) is 5.91. The van der Waals surface area contributed by atoms with Gasteiger partial charge in [0.15, 0.2) is 0 Å². The van der Waals surface area contributed by atoms with Crippen LogP contribution in [0.4, 0.5) is 10.1 Å². The number of anilines is 1. The molecule has 5 heteroatoms. The van der Waals surface area contributed by atoms with Crippen molar-refractivity contribution in [1.82, 2.24) is 4.98 Å². The highest BCUT2D eigenvalue weighted by Crippen LogP contribution is 2.26. The molecule has 1 heterocycles. The highest BCUT2D eigenvalue weighted by molar-refractivity contribution is 9.10. The summed E-state index contributed by atoms with van der Waals surface area (Å²) in [6.45, 7) is 0. The van der Waals surface area contributed by atoms with Crippen LogP contribution in [0.15, 0.2) is 53.0 Å². The standard InChI is InChI=1S/C15H10BrFN2O/c16-12-4-3-11(8-13(12)17)20-15-6-1-9-7-10(18)2-5-14(9)19-15/h1-8H,18H2. The lowest BCUT2D eigenvalue weighted by Gasteiger charge is -2.06. The van der Waals surface area contributed by atoms with E-state index in [0.29, 0.717) is 21.8 Å². The molecule has 2 aromatic carbocycles. The molecule has 0 aliphatic rings. The summed E-state index contributed by atoms with van der Waals surface area (Å²) in [5, 5.41) is 0.930. The molecule has 0 aliphatic carbocycles. The highest BCUT2D eigenvalue weighted by atomic mass is 79.9. The SMILES string of the molecule is Nc1ccc2nc(Oc3ccc(Br)c(F)c3)ccc2c1. The molecule has 100 valence electrons. The van der Waals surface area contributed by atoms with Crippen LogP contribution in [-0.4, -0.2) is 4.98 Å². The quantitative estimate of drug-likeness (QED) is 0.702. The van der Waals surface area contributed by atoms with E-state index in [9.17, 15) is 4.39 Å². The lowest BCUT2D eigenvalue weighted by Crippen LogP contribution is -1.91. The Morgan fingerprint density at radius 1 is 1.05 bits per heavy atom. The second-order valence-corrected chi connectivity index (χ2v) is 5.13. The van der Waals surface area contributed by atoms with Crippen LogP contribution in [0.2, 0.25) is 0 Å². The number of hydrogen-bond acceptors (Lipinski definition) is 3. The molecule has 2 N–H and O–H groups in total. The van der Waals surface area contributed by atoms with Crippen molar-refractivity contribution >= 4 is 32.5 Å². The Labute approximate surface area is 123 Å². The van der Waals surface area contributed by atoms with E-state index < -0.39 is 0 Å². The number of fused-ring (bicyclic) bond motifs is 1. The molecule has 0 fully saturated rings. The van der Waals surface area contributed by atoms with Gasteiger partial charge in [-0.3, -0.25) is 0 Å². The van der Waals surface area contributed by atoms with Crippen molar-refractivity contribution in [3.05, 3.63) is 58.8 Å². The molecule has 0 bridgehead atoms. The molecule has 20 heavy (non-hydrogen) atoms. The number of pyridine rings is 1. The molecule has 0 saturated carbocycles. The van der Waals surface area contributed by atoms with Gasteiger partial charge in [0.2, 0.25) is 5.88 Å².